The molecule has 3 nitrogen and oxygen atoms in total. The second-order valence-electron chi connectivity index (χ2n) is 7.70. The number of hydrogen-bond acceptors (Lipinski definition) is 3. The SMILES string of the molecule is CCc1c(Sc2cc(-c3ccccc3)c3ccccc3c2)nn(-c2ccccn2)c1CC. The van der Waals surface area contributed by atoms with E-state index < -0.39 is 0 Å². The van der Waals surface area contributed by atoms with Gasteiger partial charge in [0.15, 0.2) is 5.82 Å². The molecule has 0 fully saturated rings. The van der Waals surface area contributed by atoms with Gasteiger partial charge in [0, 0.05) is 16.7 Å². The molecule has 5 rings (SSSR count). The Balaban J connectivity index is 1.63. The summed E-state index contributed by atoms with van der Waals surface area (Å²) < 4.78 is 2.01. The molecule has 0 aliphatic carbocycles. The van der Waals surface area contributed by atoms with Gasteiger partial charge < -0.3 is 0 Å². The van der Waals surface area contributed by atoms with Gasteiger partial charge in [0.05, 0.1) is 5.69 Å². The van der Waals surface area contributed by atoms with Crippen molar-refractivity contribution < 1.29 is 0 Å². The van der Waals surface area contributed by atoms with E-state index in [0.29, 0.717) is 0 Å². The van der Waals surface area contributed by atoms with E-state index in [4.69, 9.17) is 5.10 Å². The molecule has 0 saturated heterocycles. The molecule has 4 heteroatoms. The molecular weight excluding hydrogens is 410 g/mol. The van der Waals surface area contributed by atoms with Crippen LogP contribution >= 0.6 is 11.8 Å². The molecule has 0 spiro atoms. The summed E-state index contributed by atoms with van der Waals surface area (Å²) in [6.45, 7) is 4.40. The molecule has 0 aliphatic heterocycles. The molecule has 5 aromatic rings. The Labute approximate surface area is 193 Å². The number of nitrogens with zero attached hydrogens (tertiary/aromatic N) is 3. The maximum atomic E-state index is 5.02. The topological polar surface area (TPSA) is 30.7 Å². The zero-order valence-corrected chi connectivity index (χ0v) is 19.1. The van der Waals surface area contributed by atoms with Crippen LogP contribution in [0.5, 0.6) is 0 Å². The van der Waals surface area contributed by atoms with Gasteiger partial charge in [-0.15, -0.1) is 0 Å². The lowest BCUT2D eigenvalue weighted by Gasteiger charge is -2.10. The van der Waals surface area contributed by atoms with Crippen LogP contribution in [0.4, 0.5) is 0 Å². The van der Waals surface area contributed by atoms with Crippen LogP contribution in [0.25, 0.3) is 27.7 Å². The molecule has 32 heavy (non-hydrogen) atoms. The van der Waals surface area contributed by atoms with Crippen LogP contribution in [0.3, 0.4) is 0 Å². The van der Waals surface area contributed by atoms with Gasteiger partial charge in [0.1, 0.15) is 5.03 Å². The first kappa shape index (κ1) is 20.5. The Morgan fingerprint density at radius 3 is 2.34 bits per heavy atom. The number of hydrogen-bond donors (Lipinski definition) is 0. The number of rotatable bonds is 6. The zero-order valence-electron chi connectivity index (χ0n) is 18.3. The molecule has 2 aromatic heterocycles. The van der Waals surface area contributed by atoms with E-state index in [2.05, 4.69) is 85.6 Å². The molecule has 0 unspecified atom stereocenters. The van der Waals surface area contributed by atoms with E-state index in [1.165, 1.54) is 38.1 Å². The van der Waals surface area contributed by atoms with Crippen LogP contribution < -0.4 is 0 Å². The quantitative estimate of drug-likeness (QED) is 0.279. The normalized spacial score (nSPS) is 11.2. The van der Waals surface area contributed by atoms with Gasteiger partial charge in [-0.1, -0.05) is 86.3 Å². The third kappa shape index (κ3) is 3.82. The zero-order chi connectivity index (χ0) is 21.9. The average Bonchev–Trinajstić information content (AvgIpc) is 3.21. The minimum atomic E-state index is 0.870. The van der Waals surface area contributed by atoms with Crippen LogP contribution in [-0.2, 0) is 12.8 Å². The third-order valence-corrected chi connectivity index (χ3v) is 6.74. The first-order valence-electron chi connectivity index (χ1n) is 11.1. The van der Waals surface area contributed by atoms with E-state index in [0.717, 1.165) is 23.7 Å². The average molecular weight is 436 g/mol. The standard InChI is InChI=1S/C28H25N3S/c1-3-23-26(4-2)31(27-16-10-11-17-29-27)30-28(23)32-22-18-21-14-8-9-15-24(21)25(19-22)20-12-6-5-7-13-20/h5-19H,3-4H2,1-2H3. The Morgan fingerprint density at radius 2 is 1.59 bits per heavy atom. The van der Waals surface area contributed by atoms with Crippen LogP contribution in [0.15, 0.2) is 101 Å². The van der Waals surface area contributed by atoms with Gasteiger partial charge in [-0.25, -0.2) is 9.67 Å². The van der Waals surface area contributed by atoms with Crippen LogP contribution in [-0.4, -0.2) is 14.8 Å². The molecule has 2 heterocycles. The minimum absolute atomic E-state index is 0.870. The summed E-state index contributed by atoms with van der Waals surface area (Å²) in [4.78, 5) is 5.74. The molecule has 0 radical (unpaired) electrons. The van der Waals surface area contributed by atoms with E-state index in [9.17, 15) is 0 Å². The molecule has 158 valence electrons. The highest BCUT2D eigenvalue weighted by molar-refractivity contribution is 7.99. The molecule has 3 aromatic carbocycles. The smallest absolute Gasteiger partial charge is 0.153 e. The summed E-state index contributed by atoms with van der Waals surface area (Å²) in [6, 6.07) is 29.8. The molecule has 0 saturated carbocycles. The molecule has 0 N–H and O–H groups in total. The fourth-order valence-electron chi connectivity index (χ4n) is 4.24. The second kappa shape index (κ2) is 9.01. The predicted molar refractivity (Wildman–Crippen MR) is 134 cm³/mol. The number of aromatic nitrogens is 3. The van der Waals surface area contributed by atoms with Crippen molar-refractivity contribution in [3.8, 4) is 16.9 Å². The lowest BCUT2D eigenvalue weighted by molar-refractivity contribution is 0.766. The Morgan fingerprint density at radius 1 is 0.812 bits per heavy atom. The highest BCUT2D eigenvalue weighted by Crippen LogP contribution is 2.38. The van der Waals surface area contributed by atoms with Gasteiger partial charge >= 0.3 is 0 Å². The summed E-state index contributed by atoms with van der Waals surface area (Å²) in [5, 5.41) is 8.59. The number of fused-ring (bicyclic) bond motifs is 1. The lowest BCUT2D eigenvalue weighted by Crippen LogP contribution is -2.04. The maximum Gasteiger partial charge on any atom is 0.153 e. The Kier molecular flexibility index (Phi) is 5.78. The van der Waals surface area contributed by atoms with Crippen LogP contribution in [0.2, 0.25) is 0 Å². The van der Waals surface area contributed by atoms with E-state index in [1.807, 2.05) is 29.1 Å². The summed E-state index contributed by atoms with van der Waals surface area (Å²) in [6.07, 6.45) is 3.68. The highest BCUT2D eigenvalue weighted by atomic mass is 32.2. The highest BCUT2D eigenvalue weighted by Gasteiger charge is 2.18. The lowest BCUT2D eigenvalue weighted by atomic mass is 9.98. The molecule has 0 amide bonds. The number of benzene rings is 3. The van der Waals surface area contributed by atoms with Gasteiger partial charge in [-0.3, -0.25) is 0 Å². The van der Waals surface area contributed by atoms with E-state index in [-0.39, 0.29) is 0 Å². The minimum Gasteiger partial charge on any atom is -0.237 e. The number of pyridine rings is 1. The monoisotopic (exact) mass is 435 g/mol. The van der Waals surface area contributed by atoms with Crippen LogP contribution in [0.1, 0.15) is 25.1 Å². The van der Waals surface area contributed by atoms with Crippen LogP contribution in [0, 0.1) is 0 Å². The predicted octanol–water partition coefficient (Wildman–Crippen LogP) is 7.36. The largest absolute Gasteiger partial charge is 0.237 e. The summed E-state index contributed by atoms with van der Waals surface area (Å²) in [5.41, 5.74) is 5.02. The fraction of sp³-hybridized carbons (Fsp3) is 0.143. The van der Waals surface area contributed by atoms with E-state index >= 15 is 0 Å². The summed E-state index contributed by atoms with van der Waals surface area (Å²) in [5.74, 6) is 0.870. The molecule has 0 aliphatic rings. The van der Waals surface area contributed by atoms with Gasteiger partial charge in [0.2, 0.25) is 0 Å². The van der Waals surface area contributed by atoms with Gasteiger partial charge in [-0.2, -0.15) is 5.10 Å². The Bertz CT molecular complexity index is 1360. The van der Waals surface area contributed by atoms with Crippen molar-refractivity contribution in [2.24, 2.45) is 0 Å². The molecule has 0 atom stereocenters. The maximum absolute atomic E-state index is 5.02. The van der Waals surface area contributed by atoms with Gasteiger partial charge in [-0.05, 0) is 59.0 Å². The van der Waals surface area contributed by atoms with Gasteiger partial charge in [0.25, 0.3) is 0 Å². The van der Waals surface area contributed by atoms with Crippen molar-refractivity contribution in [2.45, 2.75) is 36.6 Å². The Hall–Kier alpha value is -3.37. The third-order valence-electron chi connectivity index (χ3n) is 5.74. The summed E-state index contributed by atoms with van der Waals surface area (Å²) in [7, 11) is 0. The first-order chi connectivity index (χ1) is 15.8. The first-order valence-corrected chi connectivity index (χ1v) is 11.9. The van der Waals surface area contributed by atoms with Crippen molar-refractivity contribution in [3.63, 3.8) is 0 Å². The fourth-order valence-corrected chi connectivity index (χ4v) is 5.34. The molecule has 0 bridgehead atoms. The van der Waals surface area contributed by atoms with Crippen molar-refractivity contribution >= 4 is 22.5 Å². The van der Waals surface area contributed by atoms with Crippen molar-refractivity contribution in [3.05, 3.63) is 102 Å². The van der Waals surface area contributed by atoms with E-state index in [1.54, 1.807) is 11.8 Å². The van der Waals surface area contributed by atoms with Crippen molar-refractivity contribution in [1.29, 1.82) is 0 Å². The molecular formula is C28H25N3S. The van der Waals surface area contributed by atoms with Crippen molar-refractivity contribution in [2.75, 3.05) is 0 Å². The second-order valence-corrected chi connectivity index (χ2v) is 8.76. The van der Waals surface area contributed by atoms with Crippen molar-refractivity contribution in [1.82, 2.24) is 14.8 Å². The summed E-state index contributed by atoms with van der Waals surface area (Å²) >= 11 is 1.75.